The molecule has 3 heterocycles. The summed E-state index contributed by atoms with van der Waals surface area (Å²) in [5.41, 5.74) is 5.93. The lowest BCUT2D eigenvalue weighted by Crippen LogP contribution is -1.99. The van der Waals surface area contributed by atoms with Gasteiger partial charge in [-0.3, -0.25) is 4.34 Å². The lowest BCUT2D eigenvalue weighted by Gasteiger charge is -2.15. The summed E-state index contributed by atoms with van der Waals surface area (Å²) in [6.45, 7) is 8.15. The number of nitrogens with zero attached hydrogens (tertiary/aromatic N) is 4. The molecule has 0 bridgehead atoms. The lowest BCUT2D eigenvalue weighted by molar-refractivity contribution is 1.10. The van der Waals surface area contributed by atoms with Crippen LogP contribution in [0, 0.1) is 6.92 Å². The summed E-state index contributed by atoms with van der Waals surface area (Å²) in [6, 6.07) is 8.09. The molecule has 5 nitrogen and oxygen atoms in total. The molecule has 4 aromatic rings. The van der Waals surface area contributed by atoms with E-state index in [2.05, 4.69) is 60.7 Å². The summed E-state index contributed by atoms with van der Waals surface area (Å²) in [4.78, 5) is 13.7. The van der Waals surface area contributed by atoms with Crippen LogP contribution in [-0.2, 0) is 6.42 Å². The number of nitrogens with one attached hydrogen (secondary N) is 1. The summed E-state index contributed by atoms with van der Waals surface area (Å²) in [6.07, 6.45) is 3.25. The van der Waals surface area contributed by atoms with E-state index in [0.717, 1.165) is 45.4 Å². The van der Waals surface area contributed by atoms with E-state index in [0.29, 0.717) is 11.5 Å². The van der Waals surface area contributed by atoms with Crippen LogP contribution in [0.2, 0.25) is 5.15 Å². The molecule has 0 spiro atoms. The third kappa shape index (κ3) is 4.58. The molecule has 0 aliphatic carbocycles. The number of aromatic nitrogens is 4. The first-order valence-electron chi connectivity index (χ1n) is 9.33. The first-order chi connectivity index (χ1) is 14.1. The summed E-state index contributed by atoms with van der Waals surface area (Å²) < 4.78 is 2.08. The van der Waals surface area contributed by atoms with Crippen LogP contribution in [0.15, 0.2) is 35.8 Å². The number of rotatable bonds is 5. The Morgan fingerprint density at radius 1 is 1.24 bits per heavy atom. The number of fused-ring (bicyclic) bond motifs is 1. The van der Waals surface area contributed by atoms with Gasteiger partial charge in [0.05, 0.1) is 12.1 Å². The molecular weight excluding hydrogens is 536 g/mol. The highest BCUT2D eigenvalue weighted by atomic mass is 127. The highest BCUT2D eigenvalue weighted by Gasteiger charge is 2.16. The van der Waals surface area contributed by atoms with E-state index in [-0.39, 0.29) is 0 Å². The van der Waals surface area contributed by atoms with Crippen LogP contribution in [0.3, 0.4) is 0 Å². The molecule has 152 valence electrons. The van der Waals surface area contributed by atoms with Crippen LogP contribution in [0.1, 0.15) is 32.2 Å². The van der Waals surface area contributed by atoms with Crippen molar-refractivity contribution >= 4 is 73.9 Å². The van der Waals surface area contributed by atoms with Gasteiger partial charge in [0.15, 0.2) is 5.65 Å². The van der Waals surface area contributed by atoms with Crippen LogP contribution < -0.4 is 5.32 Å². The molecule has 4 rings (SSSR count). The standard InChI is InChI=1S/C18H16ClIN5PS.C2H6/c1-3-11-12(18-21-7-8-27-18)5-4-6-13(11)23-14-9-15(19)24-17-16(14)22-10(2)25(17)26-20;1-2/h4-9,26H,3H2,1-2H3,(H,23,24);1-2H3. The van der Waals surface area contributed by atoms with E-state index < -0.39 is 0 Å². The van der Waals surface area contributed by atoms with Gasteiger partial charge in [-0.05, 0) is 47.0 Å². The molecule has 0 fully saturated rings. The quantitative estimate of drug-likeness (QED) is 0.156. The molecule has 0 saturated carbocycles. The summed E-state index contributed by atoms with van der Waals surface area (Å²) in [7, 11) is 0. The zero-order chi connectivity index (χ0) is 21.0. The SMILES string of the molecule is CC.CCc1c(Nc2cc(Cl)nc3c2nc(C)n3PI)cccc1-c1nccs1. The maximum absolute atomic E-state index is 6.31. The Labute approximate surface area is 194 Å². The molecule has 1 unspecified atom stereocenters. The molecule has 1 aromatic carbocycles. The number of pyridine rings is 1. The summed E-state index contributed by atoms with van der Waals surface area (Å²) >= 11 is 10.3. The maximum Gasteiger partial charge on any atom is 0.167 e. The first kappa shape index (κ1) is 22.4. The zero-order valence-corrected chi connectivity index (χ0v) is 21.4. The smallest absolute Gasteiger partial charge is 0.167 e. The third-order valence-corrected chi connectivity index (χ3v) is 7.45. The van der Waals surface area contributed by atoms with Gasteiger partial charge >= 0.3 is 0 Å². The predicted octanol–water partition coefficient (Wildman–Crippen LogP) is 7.64. The van der Waals surface area contributed by atoms with Gasteiger partial charge in [-0.2, -0.15) is 0 Å². The molecule has 0 radical (unpaired) electrons. The van der Waals surface area contributed by atoms with Gasteiger partial charge in [-0.1, -0.05) is 44.5 Å². The second kappa shape index (κ2) is 10.2. The minimum absolute atomic E-state index is 0.454. The Morgan fingerprint density at radius 3 is 2.69 bits per heavy atom. The van der Waals surface area contributed by atoms with E-state index in [1.54, 1.807) is 11.3 Å². The number of hydrogen-bond acceptors (Lipinski definition) is 5. The molecule has 1 N–H and O–H groups in total. The minimum atomic E-state index is 0.454. The van der Waals surface area contributed by atoms with E-state index in [1.165, 1.54) is 5.56 Å². The molecule has 3 aromatic heterocycles. The largest absolute Gasteiger partial charge is 0.353 e. The third-order valence-electron chi connectivity index (χ3n) is 4.30. The molecule has 0 saturated heterocycles. The molecule has 0 amide bonds. The minimum Gasteiger partial charge on any atom is -0.353 e. The number of hydrogen-bond donors (Lipinski definition) is 1. The van der Waals surface area contributed by atoms with E-state index in [1.807, 2.05) is 44.5 Å². The Balaban J connectivity index is 0.00000117. The topological polar surface area (TPSA) is 55.6 Å². The lowest BCUT2D eigenvalue weighted by atomic mass is 10.0. The van der Waals surface area contributed by atoms with Crippen molar-refractivity contribution in [2.75, 3.05) is 5.32 Å². The predicted molar refractivity (Wildman–Crippen MR) is 137 cm³/mol. The number of benzene rings is 1. The molecule has 0 aliphatic rings. The number of imidazole rings is 1. The highest BCUT2D eigenvalue weighted by Crippen LogP contribution is 2.37. The number of aryl methyl sites for hydroxylation is 1. The Hall–Kier alpha value is -1.28. The van der Waals surface area contributed by atoms with Gasteiger partial charge in [0, 0.05) is 28.9 Å². The van der Waals surface area contributed by atoms with Crippen molar-refractivity contribution in [2.45, 2.75) is 34.1 Å². The fourth-order valence-electron chi connectivity index (χ4n) is 3.11. The van der Waals surface area contributed by atoms with Gasteiger partial charge in [0.1, 0.15) is 21.5 Å². The van der Waals surface area contributed by atoms with Crippen LogP contribution in [0.5, 0.6) is 0 Å². The van der Waals surface area contributed by atoms with Crippen molar-refractivity contribution in [3.8, 4) is 10.6 Å². The second-order valence-corrected chi connectivity index (χ2v) is 9.24. The fraction of sp³-hybridized carbons (Fsp3) is 0.250. The number of thiazole rings is 1. The van der Waals surface area contributed by atoms with E-state index in [9.17, 15) is 0 Å². The first-order valence-corrected chi connectivity index (χ1v) is 14.6. The van der Waals surface area contributed by atoms with Crippen molar-refractivity contribution in [3.63, 3.8) is 0 Å². The Morgan fingerprint density at radius 2 is 2.03 bits per heavy atom. The van der Waals surface area contributed by atoms with Crippen molar-refractivity contribution in [2.24, 2.45) is 0 Å². The maximum atomic E-state index is 6.31. The van der Waals surface area contributed by atoms with Gasteiger partial charge in [0.2, 0.25) is 0 Å². The Bertz CT molecular complexity index is 1110. The van der Waals surface area contributed by atoms with Crippen molar-refractivity contribution in [3.05, 3.63) is 52.4 Å². The fourth-order valence-corrected chi connectivity index (χ4v) is 6.13. The normalized spacial score (nSPS) is 11.1. The molecule has 29 heavy (non-hydrogen) atoms. The molecule has 1 atom stereocenters. The zero-order valence-electron chi connectivity index (χ0n) is 16.6. The van der Waals surface area contributed by atoms with Gasteiger partial charge < -0.3 is 5.32 Å². The van der Waals surface area contributed by atoms with Crippen LogP contribution in [-0.4, -0.2) is 19.3 Å². The summed E-state index contributed by atoms with van der Waals surface area (Å²) in [5, 5.41) is 7.03. The monoisotopic (exact) mass is 557 g/mol. The van der Waals surface area contributed by atoms with Crippen molar-refractivity contribution < 1.29 is 0 Å². The Kier molecular flexibility index (Phi) is 7.85. The average Bonchev–Trinajstić information content (AvgIpc) is 3.37. The van der Waals surface area contributed by atoms with E-state index >= 15 is 0 Å². The van der Waals surface area contributed by atoms with Gasteiger partial charge in [-0.25, -0.2) is 15.0 Å². The number of halogens is 2. The van der Waals surface area contributed by atoms with Crippen molar-refractivity contribution in [1.29, 1.82) is 0 Å². The van der Waals surface area contributed by atoms with Crippen LogP contribution in [0.25, 0.3) is 21.7 Å². The summed E-state index contributed by atoms with van der Waals surface area (Å²) in [5.74, 6) is 0.933. The van der Waals surface area contributed by atoms with Crippen molar-refractivity contribution in [1.82, 2.24) is 19.3 Å². The van der Waals surface area contributed by atoms with Crippen LogP contribution in [0.4, 0.5) is 11.4 Å². The molecule has 9 heteroatoms. The van der Waals surface area contributed by atoms with E-state index in [4.69, 9.17) is 16.6 Å². The average molecular weight is 558 g/mol. The van der Waals surface area contributed by atoms with Gasteiger partial charge in [0.25, 0.3) is 0 Å². The molecular formula is C20H22ClIN5PS. The van der Waals surface area contributed by atoms with Crippen LogP contribution >= 0.6 is 51.4 Å². The molecule has 0 aliphatic heterocycles. The second-order valence-electron chi connectivity index (χ2n) is 5.89. The highest BCUT2D eigenvalue weighted by molar-refractivity contribution is 14.2. The number of anilines is 2. The van der Waals surface area contributed by atoms with Gasteiger partial charge in [-0.15, -0.1) is 11.3 Å².